The molecule has 0 atom stereocenters. The van der Waals surface area contributed by atoms with Gasteiger partial charge in [0, 0.05) is 38.2 Å². The molecule has 0 fully saturated rings. The molecule has 218 valence electrons. The standard InChI is InChI=1S/C37H20B2F4N2S/c40-26-15-9-10-21(37(41,42)43)35(26)45-29-18-7-2-12-23(29)38-22-11-1-5-16-27(22)44-28-17-6-3-13-24(28)39-25-14-4-8-19-31(25)46-32-20-30(45)33(38)36(44)34(32)39/h1-20H. The lowest BCUT2D eigenvalue weighted by molar-refractivity contribution is -0.137. The van der Waals surface area contributed by atoms with Crippen LogP contribution in [0.4, 0.5) is 51.7 Å². The first-order chi connectivity index (χ1) is 22.4. The fourth-order valence-corrected chi connectivity index (χ4v) is 9.33. The van der Waals surface area contributed by atoms with E-state index < -0.39 is 23.2 Å². The average molecular weight is 622 g/mol. The maximum Gasteiger partial charge on any atom is 0.418 e. The highest BCUT2D eigenvalue weighted by atomic mass is 32.2. The predicted octanol–water partition coefficient (Wildman–Crippen LogP) is 6.22. The SMILES string of the molecule is Fc1cccc(C(F)(F)F)c1N1c2ccccc2B2c3ccccc3N3c4ccccc4B4c5ccccc5Sc5cc1c2c3c54. The Kier molecular flexibility index (Phi) is 5.21. The van der Waals surface area contributed by atoms with Gasteiger partial charge in [-0.2, -0.15) is 13.2 Å². The fourth-order valence-electron chi connectivity index (χ4n) is 8.14. The Labute approximate surface area is 267 Å². The number of halogens is 4. The maximum atomic E-state index is 16.0. The van der Waals surface area contributed by atoms with Crippen molar-refractivity contribution < 1.29 is 17.6 Å². The zero-order chi connectivity index (χ0) is 30.9. The average Bonchev–Trinajstić information content (AvgIpc) is 3.07. The highest BCUT2D eigenvalue weighted by Crippen LogP contribution is 2.50. The van der Waals surface area contributed by atoms with Crippen molar-refractivity contribution in [2.45, 2.75) is 16.0 Å². The van der Waals surface area contributed by atoms with Crippen molar-refractivity contribution in [1.82, 2.24) is 0 Å². The van der Waals surface area contributed by atoms with Gasteiger partial charge in [0.05, 0.1) is 11.3 Å². The van der Waals surface area contributed by atoms with Gasteiger partial charge in [-0.25, -0.2) is 4.39 Å². The molecule has 46 heavy (non-hydrogen) atoms. The first-order valence-corrected chi connectivity index (χ1v) is 15.9. The van der Waals surface area contributed by atoms with Crippen molar-refractivity contribution in [3.8, 4) is 0 Å². The van der Waals surface area contributed by atoms with E-state index >= 15 is 4.39 Å². The van der Waals surface area contributed by atoms with Crippen LogP contribution in [0.25, 0.3) is 0 Å². The summed E-state index contributed by atoms with van der Waals surface area (Å²) in [4.78, 5) is 5.89. The summed E-state index contributed by atoms with van der Waals surface area (Å²) in [7, 11) is 0. The van der Waals surface area contributed by atoms with Crippen LogP contribution in [0.2, 0.25) is 0 Å². The molecule has 2 nitrogen and oxygen atoms in total. The summed E-state index contributed by atoms with van der Waals surface area (Å²) >= 11 is 1.63. The molecule has 0 aromatic heterocycles. The van der Waals surface area contributed by atoms with Gasteiger partial charge in [-0.15, -0.1) is 0 Å². The van der Waals surface area contributed by atoms with E-state index in [-0.39, 0.29) is 13.4 Å². The number of hydrogen-bond donors (Lipinski definition) is 0. The second-order valence-corrected chi connectivity index (χ2v) is 13.1. The third-order valence-corrected chi connectivity index (χ3v) is 10.9. The Morgan fingerprint density at radius 2 is 1.02 bits per heavy atom. The molecule has 10 rings (SSSR count). The lowest BCUT2D eigenvalue weighted by atomic mass is 9.29. The zero-order valence-electron chi connectivity index (χ0n) is 24.0. The molecular weight excluding hydrogens is 602 g/mol. The summed E-state index contributed by atoms with van der Waals surface area (Å²) < 4.78 is 60.1. The van der Waals surface area contributed by atoms with Gasteiger partial charge in [0.1, 0.15) is 5.82 Å². The molecule has 6 aromatic rings. The highest BCUT2D eigenvalue weighted by Gasteiger charge is 2.51. The maximum absolute atomic E-state index is 16.0. The molecule has 4 aliphatic rings. The molecule has 6 aromatic carbocycles. The van der Waals surface area contributed by atoms with Gasteiger partial charge in [0.25, 0.3) is 6.71 Å². The Morgan fingerprint density at radius 3 is 1.63 bits per heavy atom. The second kappa shape index (κ2) is 9.10. The minimum absolute atomic E-state index is 0.0593. The van der Waals surface area contributed by atoms with E-state index in [2.05, 4.69) is 53.4 Å². The lowest BCUT2D eigenvalue weighted by Gasteiger charge is -2.49. The third-order valence-electron chi connectivity index (χ3n) is 9.79. The predicted molar refractivity (Wildman–Crippen MR) is 181 cm³/mol. The van der Waals surface area contributed by atoms with Crippen LogP contribution in [0.5, 0.6) is 0 Å². The number of anilines is 6. The van der Waals surface area contributed by atoms with E-state index in [1.54, 1.807) is 11.8 Å². The van der Waals surface area contributed by atoms with E-state index in [1.807, 2.05) is 54.6 Å². The van der Waals surface area contributed by atoms with Crippen LogP contribution in [0.3, 0.4) is 0 Å². The van der Waals surface area contributed by atoms with Gasteiger partial charge in [-0.1, -0.05) is 96.1 Å². The molecule has 0 saturated heterocycles. The second-order valence-electron chi connectivity index (χ2n) is 12.1. The Balaban J connectivity index is 1.39. The summed E-state index contributed by atoms with van der Waals surface area (Å²) in [6.45, 7) is -0.319. The molecule has 0 amide bonds. The van der Waals surface area contributed by atoms with Crippen molar-refractivity contribution in [1.29, 1.82) is 0 Å². The summed E-state index contributed by atoms with van der Waals surface area (Å²) in [5.41, 5.74) is 9.01. The lowest BCUT2D eigenvalue weighted by Crippen LogP contribution is -2.68. The van der Waals surface area contributed by atoms with E-state index in [1.165, 1.54) is 15.8 Å². The highest BCUT2D eigenvalue weighted by molar-refractivity contribution is 8.00. The topological polar surface area (TPSA) is 6.48 Å². The van der Waals surface area contributed by atoms with Gasteiger partial charge in [0.15, 0.2) is 0 Å². The minimum atomic E-state index is -4.76. The molecule has 0 unspecified atom stereocenters. The quantitative estimate of drug-likeness (QED) is 0.159. The Morgan fingerprint density at radius 1 is 0.500 bits per heavy atom. The van der Waals surface area contributed by atoms with Gasteiger partial charge in [-0.3, -0.25) is 0 Å². The number of alkyl halides is 3. The smallest absolute Gasteiger partial charge is 0.312 e. The van der Waals surface area contributed by atoms with Gasteiger partial charge in [0.2, 0.25) is 6.71 Å². The zero-order valence-corrected chi connectivity index (χ0v) is 24.8. The van der Waals surface area contributed by atoms with Crippen LogP contribution < -0.4 is 42.6 Å². The Hall–Kier alpha value is -4.88. The third kappa shape index (κ3) is 3.31. The van der Waals surface area contributed by atoms with Crippen molar-refractivity contribution in [3.63, 3.8) is 0 Å². The largest absolute Gasteiger partial charge is 0.418 e. The number of fused-ring (bicyclic) bond motifs is 10. The van der Waals surface area contributed by atoms with Crippen LogP contribution in [-0.2, 0) is 6.18 Å². The van der Waals surface area contributed by atoms with Crippen LogP contribution >= 0.6 is 11.8 Å². The molecule has 0 bridgehead atoms. The number of para-hydroxylation sites is 4. The van der Waals surface area contributed by atoms with E-state index in [0.29, 0.717) is 11.4 Å². The molecule has 4 aliphatic heterocycles. The van der Waals surface area contributed by atoms with E-state index in [4.69, 9.17) is 0 Å². The Bertz CT molecular complexity index is 2290. The molecule has 0 N–H and O–H groups in total. The molecule has 0 aliphatic carbocycles. The minimum Gasteiger partial charge on any atom is -0.312 e. The van der Waals surface area contributed by atoms with Crippen molar-refractivity contribution >= 4 is 92.1 Å². The molecule has 0 saturated carbocycles. The van der Waals surface area contributed by atoms with Crippen molar-refractivity contribution in [3.05, 3.63) is 133 Å². The summed E-state index contributed by atoms with van der Waals surface area (Å²) in [5, 5.41) is 0. The van der Waals surface area contributed by atoms with Crippen LogP contribution in [0.1, 0.15) is 5.56 Å². The fraction of sp³-hybridized carbons (Fsp3) is 0.0270. The van der Waals surface area contributed by atoms with Gasteiger partial charge in [-0.05, 0) is 69.8 Å². The number of hydrogen-bond acceptors (Lipinski definition) is 3. The first-order valence-electron chi connectivity index (χ1n) is 15.1. The van der Waals surface area contributed by atoms with Crippen molar-refractivity contribution in [2.75, 3.05) is 9.80 Å². The van der Waals surface area contributed by atoms with Crippen LogP contribution in [0, 0.1) is 5.82 Å². The first kappa shape index (κ1) is 26.3. The van der Waals surface area contributed by atoms with Crippen molar-refractivity contribution in [2.24, 2.45) is 0 Å². The number of rotatable bonds is 1. The molecule has 9 heteroatoms. The van der Waals surface area contributed by atoms with E-state index in [0.717, 1.165) is 66.9 Å². The molecule has 0 radical (unpaired) electrons. The summed E-state index contributed by atoms with van der Waals surface area (Å²) in [5.74, 6) is -0.920. The van der Waals surface area contributed by atoms with Gasteiger partial charge >= 0.3 is 6.18 Å². The molecule has 0 spiro atoms. The van der Waals surface area contributed by atoms with Gasteiger partial charge < -0.3 is 9.80 Å². The monoisotopic (exact) mass is 622 g/mol. The van der Waals surface area contributed by atoms with E-state index in [9.17, 15) is 13.2 Å². The summed E-state index contributed by atoms with van der Waals surface area (Å²) in [6, 6.07) is 37.8. The van der Waals surface area contributed by atoms with Crippen LogP contribution in [-0.4, -0.2) is 13.4 Å². The number of nitrogens with zero attached hydrogens (tertiary/aromatic N) is 2. The molecule has 4 heterocycles. The van der Waals surface area contributed by atoms with Crippen LogP contribution in [0.15, 0.2) is 131 Å². The molecular formula is C37H20B2F4N2S. The normalized spacial score (nSPS) is 14.7. The number of benzene rings is 6. The summed E-state index contributed by atoms with van der Waals surface area (Å²) in [6.07, 6.45) is -4.76.